The van der Waals surface area contributed by atoms with Crippen LogP contribution in [0.5, 0.6) is 0 Å². The van der Waals surface area contributed by atoms with Gasteiger partial charge in [0, 0.05) is 16.7 Å². The van der Waals surface area contributed by atoms with E-state index in [0.29, 0.717) is 0 Å². The van der Waals surface area contributed by atoms with Crippen LogP contribution in [0.3, 0.4) is 0 Å². The Morgan fingerprint density at radius 1 is 1.24 bits per heavy atom. The van der Waals surface area contributed by atoms with Crippen molar-refractivity contribution in [3.05, 3.63) is 49.0 Å². The number of aryl methyl sites for hydroxylation is 1. The summed E-state index contributed by atoms with van der Waals surface area (Å²) in [5.74, 6) is 0. The van der Waals surface area contributed by atoms with Crippen LogP contribution in [-0.2, 0) is 13.0 Å². The molecule has 0 saturated carbocycles. The fraction of sp³-hybridized carbons (Fsp3) is 0.231. The van der Waals surface area contributed by atoms with Gasteiger partial charge < -0.3 is 5.32 Å². The van der Waals surface area contributed by atoms with Crippen molar-refractivity contribution < 1.29 is 0 Å². The smallest absolute Gasteiger partial charge is 0.0701 e. The number of hydrogen-bond acceptors (Lipinski definition) is 2. The molecule has 0 saturated heterocycles. The molecule has 1 nitrogen and oxygen atoms in total. The van der Waals surface area contributed by atoms with Gasteiger partial charge in [0.2, 0.25) is 0 Å². The van der Waals surface area contributed by atoms with Gasteiger partial charge in [-0.3, -0.25) is 0 Å². The number of hydrogen-bond donors (Lipinski definition) is 1. The second-order valence-electron chi connectivity index (χ2n) is 3.77. The minimum Gasteiger partial charge on any atom is -0.381 e. The molecule has 1 aromatic carbocycles. The van der Waals surface area contributed by atoms with Crippen LogP contribution >= 0.6 is 43.2 Å². The zero-order valence-electron chi connectivity index (χ0n) is 9.47. The fourth-order valence-corrected chi connectivity index (χ4v) is 3.28. The Hall–Kier alpha value is -0.320. The molecular weight excluding hydrogens is 362 g/mol. The Balaban J connectivity index is 2.08. The highest BCUT2D eigenvalue weighted by atomic mass is 79.9. The molecule has 0 unspecified atom stereocenters. The zero-order valence-corrected chi connectivity index (χ0v) is 13.5. The average molecular weight is 375 g/mol. The molecule has 0 amide bonds. The van der Waals surface area contributed by atoms with E-state index in [0.717, 1.165) is 17.4 Å². The predicted octanol–water partition coefficient (Wildman–Crippen LogP) is 5.45. The summed E-state index contributed by atoms with van der Waals surface area (Å²) in [6.07, 6.45) is 1.04. The monoisotopic (exact) mass is 373 g/mol. The van der Waals surface area contributed by atoms with Crippen LogP contribution < -0.4 is 5.32 Å². The van der Waals surface area contributed by atoms with Crippen molar-refractivity contribution in [1.29, 1.82) is 0 Å². The minimum atomic E-state index is 0.872. The number of thiophene rings is 1. The van der Waals surface area contributed by atoms with Crippen molar-refractivity contribution in [1.82, 2.24) is 0 Å². The summed E-state index contributed by atoms with van der Waals surface area (Å²) in [5.41, 5.74) is 3.87. The first kappa shape index (κ1) is 13.1. The highest BCUT2D eigenvalue weighted by molar-refractivity contribution is 9.11. The second kappa shape index (κ2) is 6.03. The summed E-state index contributed by atoms with van der Waals surface area (Å²) in [6.45, 7) is 3.05. The SMILES string of the molecule is CCc1cc(Br)ccc1NCc1csc(Br)c1. The summed E-state index contributed by atoms with van der Waals surface area (Å²) < 4.78 is 2.32. The van der Waals surface area contributed by atoms with Crippen molar-refractivity contribution in [2.24, 2.45) is 0 Å². The number of rotatable bonds is 4. The predicted molar refractivity (Wildman–Crippen MR) is 82.9 cm³/mol. The quantitative estimate of drug-likeness (QED) is 0.750. The molecule has 0 aliphatic carbocycles. The lowest BCUT2D eigenvalue weighted by molar-refractivity contribution is 1.09. The van der Waals surface area contributed by atoms with Crippen LogP contribution in [0, 0.1) is 0 Å². The van der Waals surface area contributed by atoms with E-state index < -0.39 is 0 Å². The van der Waals surface area contributed by atoms with E-state index in [1.54, 1.807) is 11.3 Å². The van der Waals surface area contributed by atoms with Crippen molar-refractivity contribution in [3.8, 4) is 0 Å². The van der Waals surface area contributed by atoms with Gasteiger partial charge >= 0.3 is 0 Å². The van der Waals surface area contributed by atoms with Crippen molar-refractivity contribution >= 4 is 48.9 Å². The molecule has 0 spiro atoms. The molecule has 17 heavy (non-hydrogen) atoms. The minimum absolute atomic E-state index is 0.872. The highest BCUT2D eigenvalue weighted by Gasteiger charge is 2.02. The summed E-state index contributed by atoms with van der Waals surface area (Å²) in [6, 6.07) is 8.53. The van der Waals surface area contributed by atoms with Gasteiger partial charge in [-0.15, -0.1) is 11.3 Å². The third-order valence-corrected chi connectivity index (χ3v) is 4.60. The van der Waals surface area contributed by atoms with Gasteiger partial charge in [-0.05, 0) is 63.1 Å². The number of anilines is 1. The van der Waals surface area contributed by atoms with Crippen molar-refractivity contribution in [3.63, 3.8) is 0 Å². The van der Waals surface area contributed by atoms with Crippen LogP contribution in [0.2, 0.25) is 0 Å². The molecule has 0 aliphatic rings. The molecule has 0 aliphatic heterocycles. The van der Waals surface area contributed by atoms with Gasteiger partial charge in [-0.2, -0.15) is 0 Å². The number of nitrogens with one attached hydrogen (secondary N) is 1. The largest absolute Gasteiger partial charge is 0.381 e. The Morgan fingerprint density at radius 2 is 2.06 bits per heavy atom. The Morgan fingerprint density at radius 3 is 2.71 bits per heavy atom. The van der Waals surface area contributed by atoms with Crippen LogP contribution in [0.15, 0.2) is 37.9 Å². The molecule has 0 fully saturated rings. The third kappa shape index (κ3) is 3.57. The molecule has 90 valence electrons. The molecule has 2 rings (SSSR count). The molecule has 0 atom stereocenters. The molecular formula is C13H13Br2NS. The summed E-state index contributed by atoms with van der Waals surface area (Å²) in [5, 5.41) is 5.65. The highest BCUT2D eigenvalue weighted by Crippen LogP contribution is 2.24. The fourth-order valence-electron chi connectivity index (χ4n) is 1.66. The first-order valence-corrected chi connectivity index (χ1v) is 7.91. The average Bonchev–Trinajstić information content (AvgIpc) is 2.73. The van der Waals surface area contributed by atoms with E-state index in [4.69, 9.17) is 0 Å². The summed E-state index contributed by atoms with van der Waals surface area (Å²) in [7, 11) is 0. The lowest BCUT2D eigenvalue weighted by Gasteiger charge is -2.10. The maximum atomic E-state index is 3.50. The normalized spacial score (nSPS) is 10.5. The van der Waals surface area contributed by atoms with Crippen LogP contribution in [-0.4, -0.2) is 0 Å². The molecule has 0 bridgehead atoms. The molecule has 1 aromatic heterocycles. The van der Waals surface area contributed by atoms with Gasteiger partial charge in [0.05, 0.1) is 3.79 Å². The van der Waals surface area contributed by atoms with Crippen LogP contribution in [0.1, 0.15) is 18.1 Å². The lowest BCUT2D eigenvalue weighted by Crippen LogP contribution is -2.01. The number of halogens is 2. The second-order valence-corrected chi connectivity index (χ2v) is 6.97. The van der Waals surface area contributed by atoms with E-state index in [1.807, 2.05) is 0 Å². The Kier molecular flexibility index (Phi) is 4.65. The summed E-state index contributed by atoms with van der Waals surface area (Å²) in [4.78, 5) is 0. The van der Waals surface area contributed by atoms with Crippen LogP contribution in [0.25, 0.3) is 0 Å². The van der Waals surface area contributed by atoms with Gasteiger partial charge in [0.15, 0.2) is 0 Å². The maximum Gasteiger partial charge on any atom is 0.0701 e. The van der Waals surface area contributed by atoms with E-state index in [-0.39, 0.29) is 0 Å². The number of benzene rings is 1. The van der Waals surface area contributed by atoms with Gasteiger partial charge in [-0.1, -0.05) is 22.9 Å². The van der Waals surface area contributed by atoms with E-state index in [2.05, 4.69) is 73.7 Å². The molecule has 2 aromatic rings. The van der Waals surface area contributed by atoms with E-state index >= 15 is 0 Å². The topological polar surface area (TPSA) is 12.0 Å². The first-order valence-electron chi connectivity index (χ1n) is 5.44. The van der Waals surface area contributed by atoms with Crippen LogP contribution in [0.4, 0.5) is 5.69 Å². The molecule has 0 radical (unpaired) electrons. The lowest BCUT2D eigenvalue weighted by atomic mass is 10.1. The van der Waals surface area contributed by atoms with E-state index in [9.17, 15) is 0 Å². The molecule has 1 N–H and O–H groups in total. The third-order valence-electron chi connectivity index (χ3n) is 2.55. The van der Waals surface area contributed by atoms with Gasteiger partial charge in [-0.25, -0.2) is 0 Å². The Bertz CT molecular complexity index is 508. The molecule has 1 heterocycles. The standard InChI is InChI=1S/C13H13Br2NS/c1-2-10-6-11(14)3-4-12(10)16-7-9-5-13(15)17-8-9/h3-6,8,16H,2,7H2,1H3. The van der Waals surface area contributed by atoms with Gasteiger partial charge in [0.1, 0.15) is 0 Å². The zero-order chi connectivity index (χ0) is 12.3. The van der Waals surface area contributed by atoms with Crippen molar-refractivity contribution in [2.45, 2.75) is 19.9 Å². The molecule has 4 heteroatoms. The Labute approximate surface area is 123 Å². The maximum absolute atomic E-state index is 3.50. The van der Waals surface area contributed by atoms with E-state index in [1.165, 1.54) is 20.6 Å². The first-order chi connectivity index (χ1) is 8.19. The summed E-state index contributed by atoms with van der Waals surface area (Å²) >= 11 is 8.71. The van der Waals surface area contributed by atoms with Gasteiger partial charge in [0.25, 0.3) is 0 Å². The van der Waals surface area contributed by atoms with Crippen molar-refractivity contribution in [2.75, 3.05) is 5.32 Å².